The zero-order valence-corrected chi connectivity index (χ0v) is 6.74. The van der Waals surface area contributed by atoms with Gasteiger partial charge in [0.15, 0.2) is 17.7 Å². The average molecular weight is 198 g/mol. The first-order chi connectivity index (χ1) is 6.60. The predicted molar refractivity (Wildman–Crippen MR) is 41.0 cm³/mol. The Kier molecular flexibility index (Phi) is 2.72. The van der Waals surface area contributed by atoms with E-state index >= 15 is 0 Å². The molecule has 72 valence electrons. The van der Waals surface area contributed by atoms with E-state index in [0.717, 1.165) is 6.07 Å². The molecule has 0 saturated heterocycles. The number of hydrogen-bond acceptors (Lipinski definition) is 4. The Balaban J connectivity index is 3.43. The summed E-state index contributed by atoms with van der Waals surface area (Å²) in [5.41, 5.74) is -1.65. The van der Waals surface area contributed by atoms with Gasteiger partial charge in [-0.25, -0.2) is 13.8 Å². The molecule has 0 aliphatic heterocycles. The van der Waals surface area contributed by atoms with E-state index in [9.17, 15) is 13.6 Å². The van der Waals surface area contributed by atoms with Crippen LogP contribution in [-0.2, 0) is 0 Å². The number of aromatic nitrogens is 1. The molecule has 14 heavy (non-hydrogen) atoms. The van der Waals surface area contributed by atoms with Gasteiger partial charge in [-0.15, -0.1) is 0 Å². The Morgan fingerprint density at radius 2 is 2.29 bits per heavy atom. The zero-order chi connectivity index (χ0) is 10.7. The summed E-state index contributed by atoms with van der Waals surface area (Å²) in [7, 11) is 0. The largest absolute Gasteiger partial charge is 0.505 e. The lowest BCUT2D eigenvalue weighted by molar-refractivity contribution is 0.111. The maximum atomic E-state index is 12.2. The number of pyridine rings is 1. The number of alkyl halides is 2. The molecule has 1 N–H and O–H groups in total. The fraction of sp³-hybridized carbons (Fsp3) is 0.125. The Morgan fingerprint density at radius 3 is 2.71 bits per heavy atom. The number of aromatic hydroxyl groups is 1. The standard InChI is InChI=1S/C8H4F2N2O2/c9-8(10)6-7(14)4(3-13)1-5(2-11)12-6/h1,3,8,14H. The number of halogens is 2. The predicted octanol–water partition coefficient (Wildman–Crippen LogP) is 1.41. The topological polar surface area (TPSA) is 74.0 Å². The number of carbonyl (C=O) groups is 1. The van der Waals surface area contributed by atoms with Gasteiger partial charge >= 0.3 is 0 Å². The maximum Gasteiger partial charge on any atom is 0.284 e. The third-order valence-electron chi connectivity index (χ3n) is 1.50. The van der Waals surface area contributed by atoms with Crippen molar-refractivity contribution in [2.75, 3.05) is 0 Å². The van der Waals surface area contributed by atoms with E-state index in [1.807, 2.05) is 0 Å². The van der Waals surface area contributed by atoms with Crippen LogP contribution in [0.25, 0.3) is 0 Å². The van der Waals surface area contributed by atoms with Crippen LogP contribution in [0.2, 0.25) is 0 Å². The quantitative estimate of drug-likeness (QED) is 0.729. The van der Waals surface area contributed by atoms with E-state index in [4.69, 9.17) is 10.4 Å². The van der Waals surface area contributed by atoms with Crippen LogP contribution in [0.15, 0.2) is 6.07 Å². The minimum absolute atomic E-state index is 0.184. The average Bonchev–Trinajstić information content (AvgIpc) is 2.17. The third-order valence-corrected chi connectivity index (χ3v) is 1.50. The lowest BCUT2D eigenvalue weighted by Crippen LogP contribution is -1.97. The van der Waals surface area contributed by atoms with Crippen LogP contribution in [0.1, 0.15) is 28.2 Å². The number of aldehydes is 1. The fourth-order valence-corrected chi connectivity index (χ4v) is 0.878. The van der Waals surface area contributed by atoms with E-state index in [1.54, 1.807) is 0 Å². The van der Waals surface area contributed by atoms with Gasteiger partial charge in [-0.2, -0.15) is 5.26 Å². The molecule has 0 aliphatic rings. The van der Waals surface area contributed by atoms with Gasteiger partial charge in [0.25, 0.3) is 6.43 Å². The molecule has 0 radical (unpaired) electrons. The third kappa shape index (κ3) is 1.66. The minimum Gasteiger partial charge on any atom is -0.505 e. The molecular weight excluding hydrogens is 194 g/mol. The molecule has 0 aromatic carbocycles. The van der Waals surface area contributed by atoms with Crippen molar-refractivity contribution in [1.29, 1.82) is 5.26 Å². The van der Waals surface area contributed by atoms with Crippen LogP contribution in [0, 0.1) is 11.3 Å². The molecule has 0 bridgehead atoms. The summed E-state index contributed by atoms with van der Waals surface area (Å²) < 4.78 is 24.4. The molecule has 0 unspecified atom stereocenters. The summed E-state index contributed by atoms with van der Waals surface area (Å²) in [4.78, 5) is 13.5. The van der Waals surface area contributed by atoms with Crippen molar-refractivity contribution in [3.63, 3.8) is 0 Å². The molecule has 0 spiro atoms. The molecule has 1 aromatic rings. The second-order valence-electron chi connectivity index (χ2n) is 2.36. The van der Waals surface area contributed by atoms with Crippen molar-refractivity contribution in [2.24, 2.45) is 0 Å². The minimum atomic E-state index is -3.03. The van der Waals surface area contributed by atoms with E-state index in [-0.39, 0.29) is 17.5 Å². The maximum absolute atomic E-state index is 12.2. The molecule has 4 nitrogen and oxygen atoms in total. The van der Waals surface area contributed by atoms with Crippen molar-refractivity contribution < 1.29 is 18.7 Å². The van der Waals surface area contributed by atoms with E-state index in [0.29, 0.717) is 0 Å². The van der Waals surface area contributed by atoms with Crippen LogP contribution in [-0.4, -0.2) is 16.4 Å². The summed E-state index contributed by atoms with van der Waals surface area (Å²) in [5.74, 6) is -0.881. The monoisotopic (exact) mass is 198 g/mol. The number of hydrogen-bond donors (Lipinski definition) is 1. The Bertz CT molecular complexity index is 413. The van der Waals surface area contributed by atoms with Gasteiger partial charge < -0.3 is 5.11 Å². The van der Waals surface area contributed by atoms with Crippen molar-refractivity contribution in [1.82, 2.24) is 4.98 Å². The lowest BCUT2D eigenvalue weighted by atomic mass is 10.2. The molecule has 0 atom stereocenters. The highest BCUT2D eigenvalue weighted by atomic mass is 19.3. The number of carbonyl (C=O) groups excluding carboxylic acids is 1. The van der Waals surface area contributed by atoms with Gasteiger partial charge in [0.05, 0.1) is 5.56 Å². The van der Waals surface area contributed by atoms with E-state index < -0.39 is 17.9 Å². The van der Waals surface area contributed by atoms with Gasteiger partial charge in [0.1, 0.15) is 11.8 Å². The first-order valence-corrected chi connectivity index (χ1v) is 3.47. The summed E-state index contributed by atoms with van der Waals surface area (Å²) >= 11 is 0. The van der Waals surface area contributed by atoms with E-state index in [1.165, 1.54) is 6.07 Å². The first kappa shape index (κ1) is 10.1. The Morgan fingerprint density at radius 1 is 1.64 bits per heavy atom. The van der Waals surface area contributed by atoms with Crippen LogP contribution in [0.5, 0.6) is 5.75 Å². The highest BCUT2D eigenvalue weighted by molar-refractivity contribution is 5.80. The molecule has 6 heteroatoms. The highest BCUT2D eigenvalue weighted by Crippen LogP contribution is 2.28. The summed E-state index contributed by atoms with van der Waals surface area (Å²) in [6.45, 7) is 0. The Labute approximate surface area is 77.4 Å². The first-order valence-electron chi connectivity index (χ1n) is 3.47. The van der Waals surface area contributed by atoms with E-state index in [2.05, 4.69) is 4.98 Å². The second kappa shape index (κ2) is 3.79. The summed E-state index contributed by atoms with van der Waals surface area (Å²) in [6, 6.07) is 2.45. The van der Waals surface area contributed by atoms with Gasteiger partial charge in [0, 0.05) is 0 Å². The molecule has 0 saturated carbocycles. The molecule has 1 rings (SSSR count). The van der Waals surface area contributed by atoms with Crippen molar-refractivity contribution in [2.45, 2.75) is 6.43 Å². The number of nitrogens with zero attached hydrogens (tertiary/aromatic N) is 2. The van der Waals surface area contributed by atoms with Crippen LogP contribution >= 0.6 is 0 Å². The lowest BCUT2D eigenvalue weighted by Gasteiger charge is -2.04. The molecule has 1 heterocycles. The normalized spacial score (nSPS) is 9.86. The Hall–Kier alpha value is -2.03. The van der Waals surface area contributed by atoms with Gasteiger partial charge in [-0.05, 0) is 6.07 Å². The van der Waals surface area contributed by atoms with Crippen LogP contribution < -0.4 is 0 Å². The molecule has 0 fully saturated rings. The second-order valence-corrected chi connectivity index (χ2v) is 2.36. The highest BCUT2D eigenvalue weighted by Gasteiger charge is 2.19. The summed E-state index contributed by atoms with van der Waals surface area (Å²) in [6.07, 6.45) is -2.84. The van der Waals surface area contributed by atoms with Gasteiger partial charge in [-0.3, -0.25) is 4.79 Å². The smallest absolute Gasteiger partial charge is 0.284 e. The molecule has 1 aromatic heterocycles. The van der Waals surface area contributed by atoms with Gasteiger partial charge in [0.2, 0.25) is 0 Å². The number of rotatable bonds is 2. The molecule has 0 amide bonds. The van der Waals surface area contributed by atoms with Crippen molar-refractivity contribution in [3.8, 4) is 11.8 Å². The molecule has 0 aliphatic carbocycles. The summed E-state index contributed by atoms with van der Waals surface area (Å²) in [5, 5.41) is 17.5. The van der Waals surface area contributed by atoms with Crippen LogP contribution in [0.4, 0.5) is 8.78 Å². The fourth-order valence-electron chi connectivity index (χ4n) is 0.878. The number of nitriles is 1. The van der Waals surface area contributed by atoms with Crippen LogP contribution in [0.3, 0.4) is 0 Å². The van der Waals surface area contributed by atoms with Crippen molar-refractivity contribution in [3.05, 3.63) is 23.0 Å². The van der Waals surface area contributed by atoms with Crippen molar-refractivity contribution >= 4 is 6.29 Å². The van der Waals surface area contributed by atoms with Gasteiger partial charge in [-0.1, -0.05) is 0 Å². The zero-order valence-electron chi connectivity index (χ0n) is 6.74. The SMILES string of the molecule is N#Cc1cc(C=O)c(O)c(C(F)F)n1. The molecular formula is C8H4F2N2O2.